The second-order valence-electron chi connectivity index (χ2n) is 10.5. The molecule has 2 atom stereocenters. The van der Waals surface area contributed by atoms with Gasteiger partial charge in [0.1, 0.15) is 9.75 Å². The number of hydrogen-bond acceptors (Lipinski definition) is 5. The lowest BCUT2D eigenvalue weighted by Crippen LogP contribution is -2.57. The Labute approximate surface area is 255 Å². The van der Waals surface area contributed by atoms with E-state index in [0.717, 1.165) is 4.90 Å². The Morgan fingerprint density at radius 2 is 1.19 bits per heavy atom. The first-order chi connectivity index (χ1) is 20.2. The molecule has 4 aromatic rings. The molecule has 2 bridgehead atoms. The third-order valence-electron chi connectivity index (χ3n) is 8.43. The van der Waals surface area contributed by atoms with Gasteiger partial charge in [-0.2, -0.15) is 0 Å². The summed E-state index contributed by atoms with van der Waals surface area (Å²) in [6.07, 6.45) is 0. The predicted molar refractivity (Wildman–Crippen MR) is 158 cm³/mol. The van der Waals surface area contributed by atoms with Crippen LogP contribution < -0.4 is 4.90 Å². The van der Waals surface area contributed by atoms with Crippen molar-refractivity contribution >= 4 is 64.1 Å². The van der Waals surface area contributed by atoms with Crippen LogP contribution in [0.25, 0.3) is 0 Å². The van der Waals surface area contributed by atoms with Gasteiger partial charge in [-0.1, -0.05) is 66.2 Å². The molecule has 0 spiro atoms. The van der Waals surface area contributed by atoms with Crippen molar-refractivity contribution in [1.29, 1.82) is 0 Å². The Balaban J connectivity index is 1.22. The molecule has 3 aliphatic carbocycles. The highest BCUT2D eigenvalue weighted by Crippen LogP contribution is 2.69. The summed E-state index contributed by atoms with van der Waals surface area (Å²) in [5.74, 6) is -4.13. The summed E-state index contributed by atoms with van der Waals surface area (Å²) in [6, 6.07) is 27.0. The fourth-order valence-electron chi connectivity index (χ4n) is 6.63. The molecule has 0 radical (unpaired) electrons. The normalized spacial score (nSPS) is 25.1. The number of anilines is 1. The summed E-state index contributed by atoms with van der Waals surface area (Å²) in [5.41, 5.74) is 3.41. The fourth-order valence-corrected chi connectivity index (χ4v) is 7.85. The van der Waals surface area contributed by atoms with E-state index in [1.165, 1.54) is 12.1 Å². The van der Waals surface area contributed by atoms with Gasteiger partial charge in [-0.15, -0.1) is 23.2 Å². The number of Topliss-reactive ketones (excluding diaryl/α,β-unsaturated/α-hetero) is 1. The number of esters is 1. The van der Waals surface area contributed by atoms with E-state index < -0.39 is 51.8 Å². The third-order valence-corrected chi connectivity index (χ3v) is 9.96. The van der Waals surface area contributed by atoms with Crippen LogP contribution >= 0.6 is 34.8 Å². The molecule has 0 N–H and O–H groups in total. The van der Waals surface area contributed by atoms with Gasteiger partial charge in [0.15, 0.2) is 12.4 Å². The fraction of sp³-hybridized carbons (Fsp3) is 0.152. The summed E-state index contributed by atoms with van der Waals surface area (Å²) in [6.45, 7) is -0.490. The highest BCUT2D eigenvalue weighted by Gasteiger charge is 2.73. The van der Waals surface area contributed by atoms with Crippen molar-refractivity contribution in [3.05, 3.63) is 135 Å². The molecule has 0 saturated carbocycles. The molecule has 4 aliphatic rings. The van der Waals surface area contributed by atoms with Crippen LogP contribution in [0.1, 0.15) is 43.0 Å². The van der Waals surface area contributed by atoms with Crippen LogP contribution in [0, 0.1) is 11.8 Å². The summed E-state index contributed by atoms with van der Waals surface area (Å²) >= 11 is 20.8. The van der Waals surface area contributed by atoms with E-state index in [0.29, 0.717) is 32.8 Å². The number of alkyl halides is 2. The van der Waals surface area contributed by atoms with E-state index in [1.807, 2.05) is 48.5 Å². The van der Waals surface area contributed by atoms with Crippen LogP contribution in [0.2, 0.25) is 5.02 Å². The molecule has 1 aliphatic heterocycles. The molecule has 6 nitrogen and oxygen atoms in total. The van der Waals surface area contributed by atoms with E-state index in [-0.39, 0.29) is 11.3 Å². The average molecular weight is 617 g/mol. The first kappa shape index (κ1) is 26.9. The second-order valence-corrected chi connectivity index (χ2v) is 12.2. The molecule has 9 heteroatoms. The average Bonchev–Trinajstić information content (AvgIpc) is 3.29. The topological polar surface area (TPSA) is 80.8 Å². The number of carbonyl (C=O) groups is 4. The Hall–Kier alpha value is -3.97. The molecule has 0 unspecified atom stereocenters. The highest BCUT2D eigenvalue weighted by atomic mass is 35.5. The maximum Gasteiger partial charge on any atom is 0.338 e. The van der Waals surface area contributed by atoms with Crippen molar-refractivity contribution in [3.63, 3.8) is 0 Å². The number of ketones is 1. The number of amides is 2. The molecule has 42 heavy (non-hydrogen) atoms. The van der Waals surface area contributed by atoms with Crippen LogP contribution in [0.4, 0.5) is 5.69 Å². The maximum atomic E-state index is 14.2. The standard InChI is InChI=1S/C33H20Cl3NO5/c34-20-14-12-18(13-15-20)26(38)17-42-31(41)19-6-5-7-21(16-19)37-29(39)27-28(30(37)40)33(36)23-9-2-1-8-22(23)32(27,35)24-10-3-4-11-25(24)33/h1-16,27-28H,17H2/t27-,28+,32?,33?. The molecule has 2 amide bonds. The van der Waals surface area contributed by atoms with E-state index >= 15 is 0 Å². The molecule has 4 aromatic carbocycles. The van der Waals surface area contributed by atoms with Crippen molar-refractivity contribution in [2.24, 2.45) is 11.8 Å². The number of nitrogens with zero attached hydrogens (tertiary/aromatic N) is 1. The van der Waals surface area contributed by atoms with E-state index in [2.05, 4.69) is 0 Å². The lowest BCUT2D eigenvalue weighted by Gasteiger charge is -2.54. The zero-order valence-corrected chi connectivity index (χ0v) is 24.0. The van der Waals surface area contributed by atoms with Crippen LogP contribution in [0.5, 0.6) is 0 Å². The zero-order chi connectivity index (χ0) is 29.4. The second kappa shape index (κ2) is 9.53. The van der Waals surface area contributed by atoms with Gasteiger partial charge in [-0.3, -0.25) is 14.4 Å². The largest absolute Gasteiger partial charge is 0.454 e. The van der Waals surface area contributed by atoms with Crippen molar-refractivity contribution in [2.45, 2.75) is 9.75 Å². The minimum atomic E-state index is -1.31. The number of carbonyl (C=O) groups excluding carboxylic acids is 4. The smallest absolute Gasteiger partial charge is 0.338 e. The van der Waals surface area contributed by atoms with Gasteiger partial charge >= 0.3 is 5.97 Å². The monoisotopic (exact) mass is 615 g/mol. The Bertz CT molecular complexity index is 1710. The summed E-state index contributed by atoms with van der Waals surface area (Å²) in [7, 11) is 0. The van der Waals surface area contributed by atoms with Gasteiger partial charge in [0.05, 0.1) is 23.1 Å². The SMILES string of the molecule is O=C(COC(=O)c1cccc(N2C(=O)[C@@H]3[C@H](C2=O)C2(Cl)c4ccccc4C3(Cl)c3ccccc32)c1)c1ccc(Cl)cc1. The number of imide groups is 1. The van der Waals surface area contributed by atoms with Gasteiger partial charge < -0.3 is 4.74 Å². The maximum absolute atomic E-state index is 14.2. The van der Waals surface area contributed by atoms with Gasteiger partial charge in [0, 0.05) is 10.6 Å². The van der Waals surface area contributed by atoms with Crippen LogP contribution in [0.15, 0.2) is 97.1 Å². The van der Waals surface area contributed by atoms with Gasteiger partial charge in [0.2, 0.25) is 11.8 Å². The van der Waals surface area contributed by atoms with Crippen molar-refractivity contribution in [1.82, 2.24) is 0 Å². The molecule has 1 saturated heterocycles. The Morgan fingerprint density at radius 1 is 0.690 bits per heavy atom. The Morgan fingerprint density at radius 3 is 1.69 bits per heavy atom. The quantitative estimate of drug-likeness (QED) is 0.111. The van der Waals surface area contributed by atoms with Crippen molar-refractivity contribution in [2.75, 3.05) is 11.5 Å². The van der Waals surface area contributed by atoms with Crippen LogP contribution in [-0.2, 0) is 24.1 Å². The molecule has 1 fully saturated rings. The number of halogens is 3. The summed E-state index contributed by atoms with van der Waals surface area (Å²) < 4.78 is 5.25. The van der Waals surface area contributed by atoms with Crippen molar-refractivity contribution < 1.29 is 23.9 Å². The van der Waals surface area contributed by atoms with Gasteiger partial charge in [-0.25, -0.2) is 9.69 Å². The number of benzene rings is 4. The van der Waals surface area contributed by atoms with Crippen LogP contribution in [0.3, 0.4) is 0 Å². The minimum absolute atomic E-state index is 0.0718. The molecule has 8 rings (SSSR count). The van der Waals surface area contributed by atoms with E-state index in [1.54, 1.807) is 36.4 Å². The molecular formula is C33H20Cl3NO5. The molecule has 1 heterocycles. The van der Waals surface area contributed by atoms with Gasteiger partial charge in [-0.05, 0) is 64.7 Å². The first-order valence-electron chi connectivity index (χ1n) is 13.2. The number of ether oxygens (including phenoxy) is 1. The molecule has 0 aromatic heterocycles. The zero-order valence-electron chi connectivity index (χ0n) is 21.7. The highest BCUT2D eigenvalue weighted by molar-refractivity contribution is 6.38. The first-order valence-corrected chi connectivity index (χ1v) is 14.3. The third kappa shape index (κ3) is 3.59. The number of hydrogen-bond donors (Lipinski definition) is 0. The summed E-state index contributed by atoms with van der Waals surface area (Å²) in [4.78, 5) is 52.2. The molecular weight excluding hydrogens is 597 g/mol. The van der Waals surface area contributed by atoms with Crippen molar-refractivity contribution in [3.8, 4) is 0 Å². The lowest BCUT2D eigenvalue weighted by atomic mass is 9.54. The summed E-state index contributed by atoms with van der Waals surface area (Å²) in [5, 5.41) is 0.479. The lowest BCUT2D eigenvalue weighted by molar-refractivity contribution is -0.122. The predicted octanol–water partition coefficient (Wildman–Crippen LogP) is 6.48. The van der Waals surface area contributed by atoms with E-state index in [4.69, 9.17) is 39.5 Å². The number of rotatable bonds is 5. The van der Waals surface area contributed by atoms with E-state index in [9.17, 15) is 19.2 Å². The Kier molecular flexibility index (Phi) is 6.10. The van der Waals surface area contributed by atoms with Gasteiger partial charge in [0.25, 0.3) is 0 Å². The van der Waals surface area contributed by atoms with Crippen LogP contribution in [-0.4, -0.2) is 30.2 Å². The molecule has 208 valence electrons. The minimum Gasteiger partial charge on any atom is -0.454 e.